The molecule has 0 heterocycles. The van der Waals surface area contributed by atoms with Crippen LogP contribution >= 0.6 is 0 Å². The third kappa shape index (κ3) is 57.6. The van der Waals surface area contributed by atoms with Crippen LogP contribution in [-0.4, -0.2) is 37.2 Å². The fourth-order valence-electron chi connectivity index (χ4n) is 8.69. The number of esters is 3. The Kier molecular flexibility index (Phi) is 56.8. The minimum atomic E-state index is -0.824. The highest BCUT2D eigenvalue weighted by Crippen LogP contribution is 2.17. The molecule has 6 nitrogen and oxygen atoms in total. The minimum absolute atomic E-state index is 0.0992. The number of hydrogen-bond acceptors (Lipinski definition) is 6. The van der Waals surface area contributed by atoms with Gasteiger partial charge in [0.15, 0.2) is 6.10 Å². The first-order valence-corrected chi connectivity index (χ1v) is 30.4. The summed E-state index contributed by atoms with van der Waals surface area (Å²) >= 11 is 0. The predicted molar refractivity (Wildman–Crippen MR) is 307 cm³/mol. The molecule has 0 amide bonds. The Morgan fingerprint density at radius 1 is 0.310 bits per heavy atom. The summed E-state index contributed by atoms with van der Waals surface area (Å²) in [5, 5.41) is 0. The molecule has 0 aromatic carbocycles. The van der Waals surface area contributed by atoms with Crippen LogP contribution in [-0.2, 0) is 28.6 Å². The lowest BCUT2D eigenvalue weighted by atomic mass is 10.0. The lowest BCUT2D eigenvalue weighted by Gasteiger charge is -2.18. The first kappa shape index (κ1) is 67.8. The Balaban J connectivity index is 3.95. The van der Waals surface area contributed by atoms with Crippen molar-refractivity contribution in [1.82, 2.24) is 0 Å². The molecule has 0 fully saturated rings. The highest BCUT2D eigenvalue weighted by Gasteiger charge is 2.19. The standard InChI is InChI=1S/C65H114O6/c1-4-7-10-13-15-17-19-21-23-24-25-26-27-28-29-30-31-32-33-34-35-36-37-38-39-40-42-43-45-47-49-52-55-58-64(67)70-61-62(60-69-63(66)57-54-51-12-9-6-3)71-65(68)59-56-53-50-48-46-44-41-22-20-18-16-14-11-8-5-2/h8,11,16,18,22,24-25,41,46,48,53,56,62H,4-7,9-10,12-15,17,19-21,23,26-40,42-45,47,49-52,54-55,57-61H2,1-3H3/b11-8-,18-16-,25-24-,41-22-,48-46-,56-53-. The van der Waals surface area contributed by atoms with E-state index < -0.39 is 12.1 Å². The van der Waals surface area contributed by atoms with Crippen molar-refractivity contribution in [2.24, 2.45) is 0 Å². The number of carbonyl (C=O) groups is 3. The van der Waals surface area contributed by atoms with E-state index in [-0.39, 0.29) is 31.6 Å². The highest BCUT2D eigenvalue weighted by molar-refractivity contribution is 5.72. The topological polar surface area (TPSA) is 78.9 Å². The van der Waals surface area contributed by atoms with Crippen molar-refractivity contribution in [2.75, 3.05) is 13.2 Å². The minimum Gasteiger partial charge on any atom is -0.462 e. The average Bonchev–Trinajstić information content (AvgIpc) is 3.37. The Labute approximate surface area is 440 Å². The van der Waals surface area contributed by atoms with E-state index in [9.17, 15) is 14.4 Å². The molecule has 0 aliphatic carbocycles. The van der Waals surface area contributed by atoms with Crippen LogP contribution in [0.25, 0.3) is 0 Å². The van der Waals surface area contributed by atoms with Crippen LogP contribution in [0.5, 0.6) is 0 Å². The molecule has 1 atom stereocenters. The SMILES string of the molecule is CC/C=C\C/C=C\C/C=C\C/C=C\C/C=C\CC(=O)OC(COC(=O)CCCCCCC)COC(=O)CCCCCCCCCCCCCCCCCCCCCCC/C=C\CCCCCCCCCC. The molecular formula is C65H114O6. The summed E-state index contributed by atoms with van der Waals surface area (Å²) in [6.07, 6.45) is 77.3. The fourth-order valence-corrected chi connectivity index (χ4v) is 8.69. The zero-order chi connectivity index (χ0) is 51.4. The summed E-state index contributed by atoms with van der Waals surface area (Å²) < 4.78 is 16.6. The van der Waals surface area contributed by atoms with Gasteiger partial charge in [-0.25, -0.2) is 0 Å². The molecule has 0 aromatic heterocycles. The number of allylic oxidation sites excluding steroid dienone is 11. The van der Waals surface area contributed by atoms with Gasteiger partial charge in [0.2, 0.25) is 0 Å². The van der Waals surface area contributed by atoms with Crippen LogP contribution in [0.3, 0.4) is 0 Å². The van der Waals surface area contributed by atoms with E-state index in [0.29, 0.717) is 12.8 Å². The van der Waals surface area contributed by atoms with Crippen molar-refractivity contribution >= 4 is 17.9 Å². The third-order valence-corrected chi connectivity index (χ3v) is 13.2. The molecule has 0 bridgehead atoms. The second kappa shape index (κ2) is 59.4. The second-order valence-corrected chi connectivity index (χ2v) is 20.3. The summed E-state index contributed by atoms with van der Waals surface area (Å²) in [6, 6.07) is 0. The zero-order valence-electron chi connectivity index (χ0n) is 47.0. The number of unbranched alkanes of at least 4 members (excludes halogenated alkanes) is 33. The second-order valence-electron chi connectivity index (χ2n) is 20.3. The first-order valence-electron chi connectivity index (χ1n) is 30.4. The molecule has 0 rings (SSSR count). The summed E-state index contributed by atoms with van der Waals surface area (Å²) in [6.45, 7) is 6.37. The van der Waals surface area contributed by atoms with E-state index in [0.717, 1.165) is 83.5 Å². The molecule has 410 valence electrons. The van der Waals surface area contributed by atoms with Crippen molar-refractivity contribution in [1.29, 1.82) is 0 Å². The van der Waals surface area contributed by atoms with Gasteiger partial charge >= 0.3 is 17.9 Å². The largest absolute Gasteiger partial charge is 0.462 e. The Bertz CT molecular complexity index is 1320. The van der Waals surface area contributed by atoms with E-state index >= 15 is 0 Å². The van der Waals surface area contributed by atoms with Crippen LogP contribution in [0.1, 0.15) is 303 Å². The fraction of sp³-hybridized carbons (Fsp3) is 0.769. The molecule has 0 saturated heterocycles. The van der Waals surface area contributed by atoms with Gasteiger partial charge in [-0.3, -0.25) is 14.4 Å². The van der Waals surface area contributed by atoms with E-state index in [1.165, 1.54) is 180 Å². The predicted octanol–water partition coefficient (Wildman–Crippen LogP) is 20.5. The van der Waals surface area contributed by atoms with Crippen LogP contribution in [0, 0.1) is 0 Å². The molecule has 0 aliphatic heterocycles. The molecule has 6 heteroatoms. The van der Waals surface area contributed by atoms with Gasteiger partial charge in [-0.15, -0.1) is 0 Å². The van der Waals surface area contributed by atoms with E-state index in [1.54, 1.807) is 6.08 Å². The highest BCUT2D eigenvalue weighted by atomic mass is 16.6. The average molecular weight is 992 g/mol. The molecule has 71 heavy (non-hydrogen) atoms. The quantitative estimate of drug-likeness (QED) is 0.0261. The van der Waals surface area contributed by atoms with Gasteiger partial charge in [0, 0.05) is 12.8 Å². The monoisotopic (exact) mass is 991 g/mol. The molecule has 0 saturated carbocycles. The molecule has 0 spiro atoms. The van der Waals surface area contributed by atoms with Crippen LogP contribution in [0.4, 0.5) is 0 Å². The summed E-state index contributed by atoms with van der Waals surface area (Å²) in [4.78, 5) is 37.7. The van der Waals surface area contributed by atoms with Crippen molar-refractivity contribution in [3.05, 3.63) is 72.9 Å². The molecule has 1 unspecified atom stereocenters. The van der Waals surface area contributed by atoms with Gasteiger partial charge < -0.3 is 14.2 Å². The van der Waals surface area contributed by atoms with Crippen LogP contribution in [0.2, 0.25) is 0 Å². The third-order valence-electron chi connectivity index (χ3n) is 13.2. The number of carbonyl (C=O) groups excluding carboxylic acids is 3. The van der Waals surface area contributed by atoms with Gasteiger partial charge in [-0.05, 0) is 70.6 Å². The smallest absolute Gasteiger partial charge is 0.310 e. The maximum absolute atomic E-state index is 12.7. The number of ether oxygens (including phenoxy) is 3. The normalized spacial score (nSPS) is 12.5. The van der Waals surface area contributed by atoms with Crippen molar-refractivity contribution in [3.63, 3.8) is 0 Å². The van der Waals surface area contributed by atoms with Crippen molar-refractivity contribution in [2.45, 2.75) is 309 Å². The molecule has 0 aromatic rings. The van der Waals surface area contributed by atoms with Gasteiger partial charge in [0.05, 0.1) is 6.42 Å². The summed E-state index contributed by atoms with van der Waals surface area (Å²) in [7, 11) is 0. The summed E-state index contributed by atoms with van der Waals surface area (Å²) in [5.74, 6) is -1.05. The van der Waals surface area contributed by atoms with Gasteiger partial charge in [-0.1, -0.05) is 286 Å². The van der Waals surface area contributed by atoms with Crippen LogP contribution in [0.15, 0.2) is 72.9 Å². The number of hydrogen-bond donors (Lipinski definition) is 0. The van der Waals surface area contributed by atoms with E-state index in [1.807, 2.05) is 6.08 Å². The Hall–Kier alpha value is -3.15. The molecule has 0 N–H and O–H groups in total. The van der Waals surface area contributed by atoms with E-state index in [2.05, 4.69) is 81.5 Å². The van der Waals surface area contributed by atoms with Gasteiger partial charge in [0.25, 0.3) is 0 Å². The maximum atomic E-state index is 12.7. The summed E-state index contributed by atoms with van der Waals surface area (Å²) in [5.41, 5.74) is 0. The molecule has 0 aliphatic rings. The zero-order valence-corrected chi connectivity index (χ0v) is 47.0. The lowest BCUT2D eigenvalue weighted by molar-refractivity contribution is -0.166. The number of rotatable bonds is 55. The Morgan fingerprint density at radius 2 is 0.592 bits per heavy atom. The van der Waals surface area contributed by atoms with E-state index in [4.69, 9.17) is 14.2 Å². The van der Waals surface area contributed by atoms with Crippen LogP contribution < -0.4 is 0 Å². The molecule has 0 radical (unpaired) electrons. The van der Waals surface area contributed by atoms with Crippen molar-refractivity contribution in [3.8, 4) is 0 Å². The maximum Gasteiger partial charge on any atom is 0.310 e. The lowest BCUT2D eigenvalue weighted by Crippen LogP contribution is -2.30. The van der Waals surface area contributed by atoms with Gasteiger partial charge in [0.1, 0.15) is 13.2 Å². The van der Waals surface area contributed by atoms with Crippen molar-refractivity contribution < 1.29 is 28.6 Å². The Morgan fingerprint density at radius 3 is 0.915 bits per heavy atom. The first-order chi connectivity index (χ1) is 35.0. The van der Waals surface area contributed by atoms with Gasteiger partial charge in [-0.2, -0.15) is 0 Å². The molecular weight excluding hydrogens is 877 g/mol.